The number of nitrogens with zero attached hydrogens (tertiary/aromatic N) is 6. The lowest BCUT2D eigenvalue weighted by molar-refractivity contribution is -0.225. The summed E-state index contributed by atoms with van der Waals surface area (Å²) in [4.78, 5) is 29.1. The number of anilines is 2. The molecule has 1 aliphatic heterocycles. The third-order valence-corrected chi connectivity index (χ3v) is 5.42. The first kappa shape index (κ1) is 21.8. The molecule has 0 bridgehead atoms. The third-order valence-electron chi connectivity index (χ3n) is 5.42. The molecule has 0 spiro atoms. The second-order valence-corrected chi connectivity index (χ2v) is 8.00. The van der Waals surface area contributed by atoms with Crippen molar-refractivity contribution in [2.45, 2.75) is 44.1 Å². The maximum atomic E-state index is 14.1. The van der Waals surface area contributed by atoms with E-state index < -0.39 is 36.1 Å². The van der Waals surface area contributed by atoms with Gasteiger partial charge in [-0.25, -0.2) is 24.3 Å². The molecular formula is C18H19F4N9O. The van der Waals surface area contributed by atoms with E-state index >= 15 is 0 Å². The quantitative estimate of drug-likeness (QED) is 0.506. The third kappa shape index (κ3) is 3.30. The Bertz CT molecular complexity index is 1250. The van der Waals surface area contributed by atoms with Gasteiger partial charge in [-0.05, 0) is 20.3 Å². The van der Waals surface area contributed by atoms with Crippen LogP contribution in [0.3, 0.4) is 0 Å². The van der Waals surface area contributed by atoms with Crippen LogP contribution >= 0.6 is 0 Å². The predicted molar refractivity (Wildman–Crippen MR) is 106 cm³/mol. The first-order valence-corrected chi connectivity index (χ1v) is 9.45. The molecule has 4 rings (SSSR count). The van der Waals surface area contributed by atoms with Crippen molar-refractivity contribution >= 4 is 28.6 Å². The lowest BCUT2D eigenvalue weighted by Gasteiger charge is -2.23. The molecule has 170 valence electrons. The lowest BCUT2D eigenvalue weighted by Crippen LogP contribution is -2.40. The van der Waals surface area contributed by atoms with Crippen LogP contribution in [0.2, 0.25) is 0 Å². The zero-order valence-electron chi connectivity index (χ0n) is 17.2. The number of carbonyl (C=O) groups is 1. The van der Waals surface area contributed by atoms with Gasteiger partial charge in [-0.15, -0.1) is 0 Å². The number of hydrogen-bond acceptors (Lipinski definition) is 8. The Morgan fingerprint density at radius 3 is 2.53 bits per heavy atom. The highest BCUT2D eigenvalue weighted by atomic mass is 19.4. The van der Waals surface area contributed by atoms with Crippen LogP contribution < -0.4 is 16.8 Å². The predicted octanol–water partition coefficient (Wildman–Crippen LogP) is 1.75. The average Bonchev–Trinajstić information content (AvgIpc) is 3.15. The standard InChI is InChI=1S/C18H19F4N9O/c1-16(19,18(20,21)22)5-4-8-26-10(7-6-25-31(3)14(7)27-8)13-28-11(23)9-12(29-13)30-15(32)17(9,2)24/h6H,4-5,24H2,1-3H3,(H3,23,28,29,30,32). The molecule has 0 aromatic carbocycles. The Hall–Kier alpha value is -3.42. The summed E-state index contributed by atoms with van der Waals surface area (Å²) in [5.41, 5.74) is 7.84. The second-order valence-electron chi connectivity index (χ2n) is 8.00. The number of fused-ring (bicyclic) bond motifs is 2. The van der Waals surface area contributed by atoms with Crippen molar-refractivity contribution in [3.8, 4) is 11.5 Å². The zero-order valence-corrected chi connectivity index (χ0v) is 17.2. The summed E-state index contributed by atoms with van der Waals surface area (Å²) in [6.45, 7) is 1.93. The van der Waals surface area contributed by atoms with E-state index in [9.17, 15) is 22.4 Å². The van der Waals surface area contributed by atoms with E-state index in [2.05, 4.69) is 30.4 Å². The second kappa shape index (κ2) is 6.79. The van der Waals surface area contributed by atoms with E-state index in [0.717, 1.165) is 0 Å². The number of carbonyl (C=O) groups excluding carboxylic acids is 1. The van der Waals surface area contributed by atoms with Crippen molar-refractivity contribution in [2.24, 2.45) is 12.8 Å². The summed E-state index contributed by atoms with van der Waals surface area (Å²) in [6, 6.07) is 0. The van der Waals surface area contributed by atoms with Crippen molar-refractivity contribution in [1.82, 2.24) is 29.7 Å². The highest BCUT2D eigenvalue weighted by Crippen LogP contribution is 2.39. The van der Waals surface area contributed by atoms with Crippen molar-refractivity contribution < 1.29 is 22.4 Å². The van der Waals surface area contributed by atoms with Crippen molar-refractivity contribution in [2.75, 3.05) is 11.1 Å². The van der Waals surface area contributed by atoms with E-state index in [-0.39, 0.29) is 40.2 Å². The number of nitrogen functional groups attached to an aromatic ring is 1. The molecule has 14 heteroatoms. The van der Waals surface area contributed by atoms with Crippen LogP contribution in [-0.4, -0.2) is 47.5 Å². The number of halogens is 4. The zero-order chi connectivity index (χ0) is 23.6. The van der Waals surface area contributed by atoms with Gasteiger partial charge in [-0.2, -0.15) is 18.3 Å². The summed E-state index contributed by atoms with van der Waals surface area (Å²) in [7, 11) is 1.58. The highest BCUT2D eigenvalue weighted by molar-refractivity contribution is 6.06. The Morgan fingerprint density at radius 2 is 1.88 bits per heavy atom. The van der Waals surface area contributed by atoms with Crippen LogP contribution in [0, 0.1) is 0 Å². The van der Waals surface area contributed by atoms with Crippen LogP contribution in [-0.2, 0) is 23.8 Å². The fraction of sp³-hybridized carbons (Fsp3) is 0.444. The number of aromatic nitrogens is 6. The molecule has 32 heavy (non-hydrogen) atoms. The molecular weight excluding hydrogens is 434 g/mol. The molecule has 1 amide bonds. The van der Waals surface area contributed by atoms with Crippen LogP contribution in [0.25, 0.3) is 22.6 Å². The summed E-state index contributed by atoms with van der Waals surface area (Å²) < 4.78 is 54.2. The molecule has 0 saturated carbocycles. The molecule has 0 fully saturated rings. The molecule has 0 radical (unpaired) electrons. The topological polar surface area (TPSA) is 151 Å². The maximum absolute atomic E-state index is 14.1. The van der Waals surface area contributed by atoms with Crippen LogP contribution in [0.4, 0.5) is 29.2 Å². The first-order chi connectivity index (χ1) is 14.7. The van der Waals surface area contributed by atoms with Gasteiger partial charge < -0.3 is 16.8 Å². The highest BCUT2D eigenvalue weighted by Gasteiger charge is 2.51. The Balaban J connectivity index is 1.81. The van der Waals surface area contributed by atoms with Crippen LogP contribution in [0.1, 0.15) is 31.7 Å². The number of aryl methyl sites for hydroxylation is 2. The molecule has 2 unspecified atom stereocenters. The van der Waals surface area contributed by atoms with Crippen molar-refractivity contribution in [3.05, 3.63) is 17.6 Å². The minimum Gasteiger partial charge on any atom is -0.383 e. The van der Waals surface area contributed by atoms with E-state index in [0.29, 0.717) is 12.3 Å². The largest absolute Gasteiger partial charge is 0.422 e. The van der Waals surface area contributed by atoms with Gasteiger partial charge in [0.05, 0.1) is 17.1 Å². The fourth-order valence-corrected chi connectivity index (χ4v) is 3.38. The molecule has 4 heterocycles. The minimum absolute atomic E-state index is 0.0141. The van der Waals surface area contributed by atoms with Gasteiger partial charge in [-0.3, -0.25) is 9.48 Å². The molecule has 0 saturated heterocycles. The molecule has 5 N–H and O–H groups in total. The summed E-state index contributed by atoms with van der Waals surface area (Å²) in [5, 5.41) is 7.02. The average molecular weight is 453 g/mol. The smallest absolute Gasteiger partial charge is 0.383 e. The number of nitrogens with one attached hydrogen (secondary N) is 1. The normalized spacial score (nSPS) is 20.3. The van der Waals surface area contributed by atoms with Gasteiger partial charge in [0.25, 0.3) is 0 Å². The van der Waals surface area contributed by atoms with Crippen molar-refractivity contribution in [3.63, 3.8) is 0 Å². The number of rotatable bonds is 4. The number of amides is 1. The van der Waals surface area contributed by atoms with E-state index in [1.807, 2.05) is 0 Å². The molecule has 2 atom stereocenters. The van der Waals surface area contributed by atoms with Gasteiger partial charge in [0, 0.05) is 13.5 Å². The van der Waals surface area contributed by atoms with Gasteiger partial charge in [0.2, 0.25) is 11.6 Å². The van der Waals surface area contributed by atoms with Gasteiger partial charge >= 0.3 is 6.18 Å². The molecule has 3 aromatic heterocycles. The fourth-order valence-electron chi connectivity index (χ4n) is 3.38. The summed E-state index contributed by atoms with van der Waals surface area (Å²) in [5.74, 6) is -0.540. The number of alkyl halides is 4. The SMILES string of the molecule is Cn1ncc2c(-c3nc(N)c4c(n3)NC(=O)C4(C)N)nc(CCC(C)(F)C(F)(F)F)nc21. The monoisotopic (exact) mass is 453 g/mol. The first-order valence-electron chi connectivity index (χ1n) is 9.45. The minimum atomic E-state index is -5.03. The Labute approximate surface area is 178 Å². The molecule has 10 nitrogen and oxygen atoms in total. The Kier molecular flexibility index (Phi) is 4.62. The molecule has 1 aliphatic rings. The van der Waals surface area contributed by atoms with Crippen LogP contribution in [0.5, 0.6) is 0 Å². The van der Waals surface area contributed by atoms with Gasteiger partial charge in [0.1, 0.15) is 28.7 Å². The number of nitrogens with two attached hydrogens (primary N) is 2. The van der Waals surface area contributed by atoms with Crippen LogP contribution in [0.15, 0.2) is 6.20 Å². The maximum Gasteiger partial charge on any atom is 0.422 e. The Morgan fingerprint density at radius 1 is 1.19 bits per heavy atom. The molecule has 0 aliphatic carbocycles. The number of hydrogen-bond donors (Lipinski definition) is 3. The van der Waals surface area contributed by atoms with Gasteiger partial charge in [-0.1, -0.05) is 0 Å². The summed E-state index contributed by atoms with van der Waals surface area (Å²) in [6.07, 6.45) is -4.88. The molecule has 3 aromatic rings. The van der Waals surface area contributed by atoms with Crippen molar-refractivity contribution in [1.29, 1.82) is 0 Å². The van der Waals surface area contributed by atoms with E-state index in [1.165, 1.54) is 17.8 Å². The van der Waals surface area contributed by atoms with Gasteiger partial charge in [0.15, 0.2) is 11.5 Å². The van der Waals surface area contributed by atoms with E-state index in [1.54, 1.807) is 7.05 Å². The summed E-state index contributed by atoms with van der Waals surface area (Å²) >= 11 is 0. The van der Waals surface area contributed by atoms with E-state index in [4.69, 9.17) is 11.5 Å². The lowest BCUT2D eigenvalue weighted by atomic mass is 9.97.